The highest BCUT2D eigenvalue weighted by molar-refractivity contribution is 5.82. The van der Waals surface area contributed by atoms with Crippen LogP contribution < -0.4 is 0 Å². The Hall–Kier alpha value is -1.08. The maximum absolute atomic E-state index is 12.6. The summed E-state index contributed by atoms with van der Waals surface area (Å²) in [5.74, 6) is 0.710. The number of hydrogen-bond donors (Lipinski definition) is 0. The molecule has 19 heavy (non-hydrogen) atoms. The Bertz CT molecular complexity index is 357. The van der Waals surface area contributed by atoms with Gasteiger partial charge in [0, 0.05) is 19.6 Å². The van der Waals surface area contributed by atoms with E-state index in [0.717, 1.165) is 26.1 Å². The van der Waals surface area contributed by atoms with Crippen LogP contribution in [0.15, 0.2) is 0 Å². The second kappa shape index (κ2) is 6.38. The number of hydrogen-bond acceptors (Lipinski definition) is 3. The second-order valence-electron chi connectivity index (χ2n) is 6.90. The third-order valence-electron chi connectivity index (χ3n) is 3.69. The van der Waals surface area contributed by atoms with E-state index in [-0.39, 0.29) is 23.8 Å². The fourth-order valence-electron chi connectivity index (χ4n) is 2.76. The van der Waals surface area contributed by atoms with Crippen LogP contribution in [0.25, 0.3) is 0 Å². The van der Waals surface area contributed by atoms with Crippen molar-refractivity contribution in [1.29, 1.82) is 5.26 Å². The van der Waals surface area contributed by atoms with E-state index in [1.807, 2.05) is 16.8 Å². The molecular weight excluding hydrogens is 238 g/mol. The van der Waals surface area contributed by atoms with Crippen LogP contribution in [0.1, 0.15) is 40.5 Å². The molecule has 0 aliphatic carbocycles. The van der Waals surface area contributed by atoms with Crippen molar-refractivity contribution in [2.45, 2.75) is 46.6 Å². The highest BCUT2D eigenvalue weighted by atomic mass is 16.2. The third kappa shape index (κ3) is 4.50. The van der Waals surface area contributed by atoms with Gasteiger partial charge in [0.2, 0.25) is 5.91 Å². The van der Waals surface area contributed by atoms with Crippen molar-refractivity contribution in [2.24, 2.45) is 11.3 Å². The zero-order chi connectivity index (χ0) is 14.6. The van der Waals surface area contributed by atoms with Crippen molar-refractivity contribution in [3.8, 4) is 6.07 Å². The zero-order valence-corrected chi connectivity index (χ0v) is 12.9. The number of nitriles is 1. The molecule has 0 saturated carbocycles. The molecule has 4 nitrogen and oxygen atoms in total. The molecule has 0 aromatic rings. The molecule has 1 atom stereocenters. The molecule has 1 rings (SSSR count). The van der Waals surface area contributed by atoms with Gasteiger partial charge in [-0.05, 0) is 24.8 Å². The van der Waals surface area contributed by atoms with E-state index in [2.05, 4.69) is 33.8 Å². The molecule has 0 radical (unpaired) electrons. The molecule has 1 saturated heterocycles. The molecule has 1 aliphatic rings. The molecule has 108 valence electrons. The Morgan fingerprint density at radius 2 is 2.05 bits per heavy atom. The monoisotopic (exact) mass is 265 g/mol. The zero-order valence-electron chi connectivity index (χ0n) is 12.9. The van der Waals surface area contributed by atoms with E-state index >= 15 is 0 Å². The van der Waals surface area contributed by atoms with E-state index in [4.69, 9.17) is 5.26 Å². The van der Waals surface area contributed by atoms with Crippen molar-refractivity contribution in [3.05, 3.63) is 0 Å². The predicted octanol–water partition coefficient (Wildman–Crippen LogP) is 2.11. The summed E-state index contributed by atoms with van der Waals surface area (Å²) in [6, 6.07) is 1.87. The Labute approximate surface area is 117 Å². The van der Waals surface area contributed by atoms with Gasteiger partial charge in [0.05, 0.1) is 12.5 Å². The van der Waals surface area contributed by atoms with Gasteiger partial charge in [0.1, 0.15) is 6.04 Å². The molecule has 0 aromatic carbocycles. The van der Waals surface area contributed by atoms with Crippen molar-refractivity contribution in [3.63, 3.8) is 0 Å². The molecule has 1 heterocycles. The summed E-state index contributed by atoms with van der Waals surface area (Å²) in [6.07, 6.45) is 1.30. The topological polar surface area (TPSA) is 47.3 Å². The minimum atomic E-state index is -0.279. The predicted molar refractivity (Wildman–Crippen MR) is 76.5 cm³/mol. The van der Waals surface area contributed by atoms with Gasteiger partial charge >= 0.3 is 0 Å². The molecule has 1 aliphatic heterocycles. The van der Waals surface area contributed by atoms with Crippen LogP contribution in [-0.2, 0) is 4.79 Å². The van der Waals surface area contributed by atoms with Crippen molar-refractivity contribution < 1.29 is 4.79 Å². The van der Waals surface area contributed by atoms with Crippen LogP contribution in [0, 0.1) is 22.7 Å². The van der Waals surface area contributed by atoms with Crippen molar-refractivity contribution in [2.75, 3.05) is 26.7 Å². The van der Waals surface area contributed by atoms with Crippen LogP contribution in [-0.4, -0.2) is 48.4 Å². The first-order chi connectivity index (χ1) is 8.76. The summed E-state index contributed by atoms with van der Waals surface area (Å²) >= 11 is 0. The summed E-state index contributed by atoms with van der Waals surface area (Å²) in [6.45, 7) is 11.2. The average Bonchev–Trinajstić information content (AvgIpc) is 2.36. The lowest BCUT2D eigenvalue weighted by Gasteiger charge is -2.30. The van der Waals surface area contributed by atoms with Gasteiger partial charge in [-0.2, -0.15) is 5.26 Å². The second-order valence-corrected chi connectivity index (χ2v) is 6.90. The number of amides is 1. The maximum atomic E-state index is 12.6. The van der Waals surface area contributed by atoms with Crippen LogP contribution >= 0.6 is 0 Å². The van der Waals surface area contributed by atoms with Crippen molar-refractivity contribution in [1.82, 2.24) is 9.80 Å². The molecule has 0 aromatic heterocycles. The van der Waals surface area contributed by atoms with Gasteiger partial charge in [-0.25, -0.2) is 0 Å². The highest BCUT2D eigenvalue weighted by Gasteiger charge is 2.37. The van der Waals surface area contributed by atoms with Gasteiger partial charge in [0.25, 0.3) is 0 Å². The number of carbonyl (C=O) groups is 1. The van der Waals surface area contributed by atoms with Crippen LogP contribution in [0.3, 0.4) is 0 Å². The van der Waals surface area contributed by atoms with Crippen LogP contribution in [0.4, 0.5) is 0 Å². The van der Waals surface area contributed by atoms with Crippen LogP contribution in [0.5, 0.6) is 0 Å². The average molecular weight is 265 g/mol. The largest absolute Gasteiger partial charge is 0.341 e. The third-order valence-corrected chi connectivity index (χ3v) is 3.69. The van der Waals surface area contributed by atoms with E-state index < -0.39 is 0 Å². The van der Waals surface area contributed by atoms with Gasteiger partial charge in [-0.15, -0.1) is 0 Å². The molecule has 1 unspecified atom stereocenters. The van der Waals surface area contributed by atoms with Crippen molar-refractivity contribution >= 4 is 5.91 Å². The van der Waals surface area contributed by atoms with Crippen LogP contribution in [0.2, 0.25) is 0 Å². The van der Waals surface area contributed by atoms with E-state index in [1.165, 1.54) is 0 Å². The Balaban J connectivity index is 2.88. The van der Waals surface area contributed by atoms with Gasteiger partial charge in [-0.3, -0.25) is 9.69 Å². The lowest BCUT2D eigenvalue weighted by Crippen LogP contribution is -2.44. The number of likely N-dealkylation sites (N-methyl/N-ethyl adjacent to an activating group) is 1. The summed E-state index contributed by atoms with van der Waals surface area (Å²) in [7, 11) is 1.95. The first-order valence-electron chi connectivity index (χ1n) is 7.13. The molecule has 4 heteroatoms. The summed E-state index contributed by atoms with van der Waals surface area (Å²) in [4.78, 5) is 16.6. The highest BCUT2D eigenvalue weighted by Crippen LogP contribution is 2.25. The smallest absolute Gasteiger partial charge is 0.241 e. The van der Waals surface area contributed by atoms with E-state index in [1.54, 1.807) is 0 Å². The minimum absolute atomic E-state index is 0.0750. The normalized spacial score (nSPS) is 24.4. The standard InChI is InChI=1S/C15H27N3O/c1-12(2)7-9-18-11-15(3,4)10-17(5)13(6-8-16)14(18)19/h12-13H,6-7,9-11H2,1-5H3. The lowest BCUT2D eigenvalue weighted by molar-refractivity contribution is -0.135. The molecular formula is C15H27N3O. The number of carbonyl (C=O) groups excluding carboxylic acids is 1. The maximum Gasteiger partial charge on any atom is 0.241 e. The number of rotatable bonds is 4. The summed E-state index contributed by atoms with van der Waals surface area (Å²) in [5.41, 5.74) is 0.0750. The Morgan fingerprint density at radius 3 is 2.58 bits per heavy atom. The molecule has 1 amide bonds. The first-order valence-corrected chi connectivity index (χ1v) is 7.13. The molecule has 1 fully saturated rings. The fourth-order valence-corrected chi connectivity index (χ4v) is 2.76. The van der Waals surface area contributed by atoms with Gasteiger partial charge in [0.15, 0.2) is 0 Å². The molecule has 0 N–H and O–H groups in total. The quantitative estimate of drug-likeness (QED) is 0.782. The fraction of sp³-hybridized carbons (Fsp3) is 0.867. The van der Waals surface area contributed by atoms with Gasteiger partial charge < -0.3 is 4.90 Å². The summed E-state index contributed by atoms with van der Waals surface area (Å²) < 4.78 is 0. The van der Waals surface area contributed by atoms with E-state index in [9.17, 15) is 4.79 Å². The SMILES string of the molecule is CC(C)CCN1CC(C)(C)CN(C)C(CC#N)C1=O. The first kappa shape index (κ1) is 16.0. The Morgan fingerprint density at radius 1 is 1.42 bits per heavy atom. The molecule has 0 bridgehead atoms. The number of nitrogens with zero attached hydrogens (tertiary/aromatic N) is 3. The van der Waals surface area contributed by atoms with Gasteiger partial charge in [-0.1, -0.05) is 27.7 Å². The lowest BCUT2D eigenvalue weighted by atomic mass is 9.92. The minimum Gasteiger partial charge on any atom is -0.341 e. The Kier molecular flexibility index (Phi) is 5.37. The summed E-state index contributed by atoms with van der Waals surface area (Å²) in [5, 5.41) is 8.93. The van der Waals surface area contributed by atoms with E-state index in [0.29, 0.717) is 5.92 Å². The molecule has 0 spiro atoms.